The Balaban J connectivity index is 1.52. The molecule has 8 heteroatoms. The second-order valence-corrected chi connectivity index (χ2v) is 9.42. The molecule has 0 unspecified atom stereocenters. The van der Waals surface area contributed by atoms with Crippen LogP contribution in [0.3, 0.4) is 0 Å². The van der Waals surface area contributed by atoms with Crippen LogP contribution in [0.1, 0.15) is 42.2 Å². The molecule has 0 N–H and O–H groups in total. The molecule has 1 aliphatic heterocycles. The van der Waals surface area contributed by atoms with Gasteiger partial charge in [-0.15, -0.1) is 0 Å². The number of imidazole rings is 1. The van der Waals surface area contributed by atoms with Crippen LogP contribution in [-0.2, 0) is 16.6 Å². The van der Waals surface area contributed by atoms with E-state index in [1.165, 1.54) is 4.31 Å². The van der Waals surface area contributed by atoms with Gasteiger partial charge in [-0.2, -0.15) is 4.31 Å². The van der Waals surface area contributed by atoms with Gasteiger partial charge in [0.25, 0.3) is 5.91 Å². The number of amides is 1. The van der Waals surface area contributed by atoms with Gasteiger partial charge in [0, 0.05) is 31.4 Å². The largest absolute Gasteiger partial charge is 0.333 e. The van der Waals surface area contributed by atoms with Crippen LogP contribution in [0.25, 0.3) is 5.65 Å². The lowest BCUT2D eigenvalue weighted by Gasteiger charge is -2.26. The molecule has 1 aliphatic rings. The predicted molar refractivity (Wildman–Crippen MR) is 115 cm³/mol. The van der Waals surface area contributed by atoms with Crippen molar-refractivity contribution in [1.29, 1.82) is 0 Å². The van der Waals surface area contributed by atoms with E-state index >= 15 is 0 Å². The number of benzene rings is 1. The van der Waals surface area contributed by atoms with Crippen LogP contribution in [0.2, 0.25) is 0 Å². The second kappa shape index (κ2) is 8.57. The molecule has 0 bridgehead atoms. The Morgan fingerprint density at radius 1 is 1.07 bits per heavy atom. The monoisotopic (exact) mass is 426 g/mol. The number of rotatable bonds is 6. The van der Waals surface area contributed by atoms with Crippen molar-refractivity contribution in [2.75, 3.05) is 19.6 Å². The first-order chi connectivity index (χ1) is 14.5. The van der Waals surface area contributed by atoms with Crippen LogP contribution in [-0.4, -0.2) is 52.5 Å². The first-order valence-electron chi connectivity index (χ1n) is 10.3. The number of hydrogen-bond donors (Lipinski definition) is 0. The third-order valence-corrected chi connectivity index (χ3v) is 7.48. The van der Waals surface area contributed by atoms with E-state index in [9.17, 15) is 13.2 Å². The third kappa shape index (κ3) is 3.97. The molecule has 4 rings (SSSR count). The van der Waals surface area contributed by atoms with Gasteiger partial charge in [-0.25, -0.2) is 13.4 Å². The molecule has 0 aliphatic carbocycles. The number of sulfonamides is 1. The summed E-state index contributed by atoms with van der Waals surface area (Å²) >= 11 is 0. The van der Waals surface area contributed by atoms with Crippen molar-refractivity contribution >= 4 is 21.6 Å². The number of fused-ring (bicyclic) bond motifs is 1. The Labute approximate surface area is 177 Å². The van der Waals surface area contributed by atoms with Gasteiger partial charge < -0.3 is 9.30 Å². The highest BCUT2D eigenvalue weighted by Gasteiger charge is 2.26. The van der Waals surface area contributed by atoms with Gasteiger partial charge in [-0.05, 0) is 56.2 Å². The number of pyridine rings is 1. The van der Waals surface area contributed by atoms with Crippen LogP contribution in [0.15, 0.2) is 59.8 Å². The molecule has 2 aromatic heterocycles. The number of aromatic nitrogens is 2. The molecular weight excluding hydrogens is 400 g/mol. The summed E-state index contributed by atoms with van der Waals surface area (Å²) < 4.78 is 29.1. The summed E-state index contributed by atoms with van der Waals surface area (Å²) in [6, 6.07) is 12.1. The fourth-order valence-electron chi connectivity index (χ4n) is 3.83. The maximum atomic E-state index is 13.0. The Kier molecular flexibility index (Phi) is 5.87. The number of nitrogens with zero attached hydrogens (tertiary/aromatic N) is 4. The van der Waals surface area contributed by atoms with Crippen molar-refractivity contribution in [3.63, 3.8) is 0 Å². The van der Waals surface area contributed by atoms with E-state index in [2.05, 4.69) is 4.98 Å². The summed E-state index contributed by atoms with van der Waals surface area (Å²) in [5.74, 6) is -0.134. The SMILES string of the molecule is CCN(Cc1cnc2ccccn12)C(=O)c1ccc(S(=O)(=O)N2CCCCC2)cc1. The number of carbonyl (C=O) groups excluding carboxylic acids is 1. The van der Waals surface area contributed by atoms with Crippen LogP contribution < -0.4 is 0 Å². The minimum absolute atomic E-state index is 0.134. The molecule has 0 atom stereocenters. The summed E-state index contributed by atoms with van der Waals surface area (Å²) in [6.45, 7) is 4.01. The average molecular weight is 427 g/mol. The molecular formula is C22H26N4O3S. The highest BCUT2D eigenvalue weighted by molar-refractivity contribution is 7.89. The molecule has 0 spiro atoms. The van der Waals surface area contributed by atoms with Crippen molar-refractivity contribution < 1.29 is 13.2 Å². The maximum absolute atomic E-state index is 13.0. The summed E-state index contributed by atoms with van der Waals surface area (Å²) in [5, 5.41) is 0. The topological polar surface area (TPSA) is 75.0 Å². The number of carbonyl (C=O) groups is 1. The molecule has 1 amide bonds. The van der Waals surface area contributed by atoms with Crippen LogP contribution in [0.5, 0.6) is 0 Å². The molecule has 158 valence electrons. The van der Waals surface area contributed by atoms with E-state index in [-0.39, 0.29) is 10.8 Å². The van der Waals surface area contributed by atoms with E-state index in [1.807, 2.05) is 35.7 Å². The van der Waals surface area contributed by atoms with Crippen molar-refractivity contribution in [2.45, 2.75) is 37.6 Å². The van der Waals surface area contributed by atoms with Crippen LogP contribution >= 0.6 is 0 Å². The quantitative estimate of drug-likeness (QED) is 0.607. The van der Waals surface area contributed by atoms with Gasteiger partial charge in [0.1, 0.15) is 5.65 Å². The lowest BCUT2D eigenvalue weighted by Crippen LogP contribution is -2.35. The van der Waals surface area contributed by atoms with E-state index in [0.29, 0.717) is 31.7 Å². The Hall–Kier alpha value is -2.71. The fourth-order valence-corrected chi connectivity index (χ4v) is 5.35. The van der Waals surface area contributed by atoms with Gasteiger partial charge in [-0.1, -0.05) is 12.5 Å². The third-order valence-electron chi connectivity index (χ3n) is 5.57. The molecule has 1 saturated heterocycles. The Bertz CT molecular complexity index is 1130. The molecule has 7 nitrogen and oxygen atoms in total. The van der Waals surface area contributed by atoms with Gasteiger partial charge in [0.05, 0.1) is 23.3 Å². The highest BCUT2D eigenvalue weighted by atomic mass is 32.2. The normalized spacial score (nSPS) is 15.4. The molecule has 0 saturated carbocycles. The summed E-state index contributed by atoms with van der Waals surface area (Å²) in [4.78, 5) is 19.4. The van der Waals surface area contributed by atoms with Gasteiger partial charge in [0.2, 0.25) is 10.0 Å². The van der Waals surface area contributed by atoms with Gasteiger partial charge >= 0.3 is 0 Å². The van der Waals surface area contributed by atoms with E-state index in [1.54, 1.807) is 35.4 Å². The van der Waals surface area contributed by atoms with Crippen LogP contribution in [0.4, 0.5) is 0 Å². The van der Waals surface area contributed by atoms with Crippen molar-refractivity contribution in [1.82, 2.24) is 18.6 Å². The number of hydrogen-bond acceptors (Lipinski definition) is 4. The highest BCUT2D eigenvalue weighted by Crippen LogP contribution is 2.21. The zero-order chi connectivity index (χ0) is 21.1. The van der Waals surface area contributed by atoms with Crippen molar-refractivity contribution in [2.24, 2.45) is 0 Å². The molecule has 0 radical (unpaired) electrons. The zero-order valence-electron chi connectivity index (χ0n) is 17.1. The van der Waals surface area contributed by atoms with Crippen LogP contribution in [0, 0.1) is 0 Å². The standard InChI is InChI=1S/C22H26N4O3S/c1-2-24(17-19-16-23-21-8-4-7-15-26(19)21)22(27)18-9-11-20(12-10-18)30(28,29)25-13-5-3-6-14-25/h4,7-12,15-16H,2-3,5-6,13-14,17H2,1H3. The molecule has 1 fully saturated rings. The van der Waals surface area contributed by atoms with Gasteiger partial charge in [0.15, 0.2) is 0 Å². The van der Waals surface area contributed by atoms with E-state index in [0.717, 1.165) is 30.6 Å². The van der Waals surface area contributed by atoms with Crippen molar-refractivity contribution in [3.8, 4) is 0 Å². The maximum Gasteiger partial charge on any atom is 0.254 e. The predicted octanol–water partition coefficient (Wildman–Crippen LogP) is 3.17. The summed E-state index contributed by atoms with van der Waals surface area (Å²) in [7, 11) is -3.50. The van der Waals surface area contributed by atoms with Gasteiger partial charge in [-0.3, -0.25) is 4.79 Å². The second-order valence-electron chi connectivity index (χ2n) is 7.49. The first-order valence-corrected chi connectivity index (χ1v) is 11.7. The smallest absolute Gasteiger partial charge is 0.254 e. The molecule has 30 heavy (non-hydrogen) atoms. The average Bonchev–Trinajstić information content (AvgIpc) is 3.20. The lowest BCUT2D eigenvalue weighted by atomic mass is 10.2. The minimum atomic E-state index is -3.50. The molecule has 1 aromatic carbocycles. The summed E-state index contributed by atoms with van der Waals surface area (Å²) in [5.41, 5.74) is 2.23. The minimum Gasteiger partial charge on any atom is -0.333 e. The number of piperidine rings is 1. The first kappa shape index (κ1) is 20.6. The van der Waals surface area contributed by atoms with E-state index in [4.69, 9.17) is 0 Å². The molecule has 3 heterocycles. The summed E-state index contributed by atoms with van der Waals surface area (Å²) in [6.07, 6.45) is 6.56. The van der Waals surface area contributed by atoms with E-state index < -0.39 is 10.0 Å². The molecule has 3 aromatic rings. The zero-order valence-corrected chi connectivity index (χ0v) is 17.9. The van der Waals surface area contributed by atoms with Crippen molar-refractivity contribution in [3.05, 3.63) is 66.1 Å². The Morgan fingerprint density at radius 3 is 2.50 bits per heavy atom. The Morgan fingerprint density at radius 2 is 1.80 bits per heavy atom. The fraction of sp³-hybridized carbons (Fsp3) is 0.364. The lowest BCUT2D eigenvalue weighted by molar-refractivity contribution is 0.0750.